The Labute approximate surface area is 170 Å². The number of rotatable bonds is 10. The van der Waals surface area contributed by atoms with Crippen LogP contribution in [0.25, 0.3) is 0 Å². The number of nitrogens with one attached hydrogen (secondary N) is 1. The van der Waals surface area contributed by atoms with Gasteiger partial charge in [-0.25, -0.2) is 0 Å². The van der Waals surface area contributed by atoms with Crippen LogP contribution in [0, 0.1) is 6.92 Å². The second-order valence-electron chi connectivity index (χ2n) is 6.11. The zero-order valence-electron chi connectivity index (χ0n) is 16.3. The molecule has 0 aliphatic heterocycles. The average Bonchev–Trinajstić information content (AvgIpc) is 2.67. The molecule has 146 valence electrons. The highest BCUT2D eigenvalue weighted by Crippen LogP contribution is 2.33. The lowest BCUT2D eigenvalue weighted by Gasteiger charge is -2.14. The van der Waals surface area contributed by atoms with Crippen LogP contribution < -0.4 is 14.8 Å². The summed E-state index contributed by atoms with van der Waals surface area (Å²) in [6.45, 7) is 4.69. The van der Waals surface area contributed by atoms with Gasteiger partial charge in [0.15, 0.2) is 11.5 Å². The summed E-state index contributed by atoms with van der Waals surface area (Å²) in [5.41, 5.74) is 2.60. The Morgan fingerprint density at radius 3 is 2.59 bits per heavy atom. The van der Waals surface area contributed by atoms with E-state index >= 15 is 0 Å². The van der Waals surface area contributed by atoms with Crippen molar-refractivity contribution in [2.45, 2.75) is 29.7 Å². The van der Waals surface area contributed by atoms with Crippen molar-refractivity contribution in [3.63, 3.8) is 0 Å². The number of aryl methyl sites for hydroxylation is 1. The number of carbonyl (C=O) groups excluding carboxylic acids is 1. The first-order valence-corrected chi connectivity index (χ1v) is 10.9. The van der Waals surface area contributed by atoms with E-state index in [-0.39, 0.29) is 11.2 Å². The maximum absolute atomic E-state index is 12.3. The number of carbonyl (C=O) groups is 1. The number of hydrogen-bond donors (Lipinski definition) is 1. The summed E-state index contributed by atoms with van der Waals surface area (Å²) < 4.78 is 10.6. The summed E-state index contributed by atoms with van der Waals surface area (Å²) in [7, 11) is 3.22. The van der Waals surface area contributed by atoms with E-state index in [0.717, 1.165) is 16.4 Å². The number of benzene rings is 2. The molecule has 0 fully saturated rings. The lowest BCUT2D eigenvalue weighted by molar-refractivity contribution is -0.120. The maximum atomic E-state index is 12.3. The van der Waals surface area contributed by atoms with Gasteiger partial charge in [0.1, 0.15) is 0 Å². The maximum Gasteiger partial charge on any atom is 0.233 e. The fourth-order valence-corrected chi connectivity index (χ4v) is 4.26. The highest BCUT2D eigenvalue weighted by Gasteiger charge is 2.15. The van der Waals surface area contributed by atoms with Crippen LogP contribution in [0.1, 0.15) is 18.1 Å². The first kappa shape index (κ1) is 21.5. The summed E-state index contributed by atoms with van der Waals surface area (Å²) in [6.07, 6.45) is 0. The van der Waals surface area contributed by atoms with E-state index in [2.05, 4.69) is 36.5 Å². The summed E-state index contributed by atoms with van der Waals surface area (Å²) in [4.78, 5) is 13.3. The molecule has 2 aromatic rings. The van der Waals surface area contributed by atoms with Crippen LogP contribution in [-0.4, -0.2) is 37.7 Å². The van der Waals surface area contributed by atoms with Crippen molar-refractivity contribution >= 4 is 29.4 Å². The smallest absolute Gasteiger partial charge is 0.233 e. The normalized spacial score (nSPS) is 11.7. The van der Waals surface area contributed by atoms with Gasteiger partial charge in [-0.1, -0.05) is 29.8 Å². The van der Waals surface area contributed by atoms with Crippen LogP contribution in [0.15, 0.2) is 47.4 Å². The molecule has 6 heteroatoms. The molecule has 0 unspecified atom stereocenters. The summed E-state index contributed by atoms with van der Waals surface area (Å²) in [6, 6.07) is 14.2. The minimum atomic E-state index is -0.176. The SMILES string of the molecule is COc1ccc(S[C@@H](C)C(=O)NCCSCc2cccc(C)c2)cc1OC. The third kappa shape index (κ3) is 7.03. The number of hydrogen-bond acceptors (Lipinski definition) is 5. The minimum absolute atomic E-state index is 0.0472. The van der Waals surface area contributed by atoms with Crippen molar-refractivity contribution in [1.82, 2.24) is 5.32 Å². The highest BCUT2D eigenvalue weighted by atomic mass is 32.2. The first-order chi connectivity index (χ1) is 13.0. The molecule has 4 nitrogen and oxygen atoms in total. The van der Waals surface area contributed by atoms with E-state index in [1.807, 2.05) is 36.9 Å². The van der Waals surface area contributed by atoms with Crippen molar-refractivity contribution in [2.24, 2.45) is 0 Å². The predicted octanol–water partition coefficient (Wildman–Crippen LogP) is 4.54. The molecule has 0 bridgehead atoms. The second kappa shape index (κ2) is 11.1. The molecule has 0 saturated heterocycles. The number of methoxy groups -OCH3 is 2. The first-order valence-electron chi connectivity index (χ1n) is 8.83. The Morgan fingerprint density at radius 2 is 1.89 bits per heavy atom. The van der Waals surface area contributed by atoms with Gasteiger partial charge in [-0.2, -0.15) is 11.8 Å². The van der Waals surface area contributed by atoms with Crippen LogP contribution in [0.4, 0.5) is 0 Å². The molecule has 0 heterocycles. The van der Waals surface area contributed by atoms with Gasteiger partial charge in [-0.3, -0.25) is 4.79 Å². The van der Waals surface area contributed by atoms with E-state index in [1.165, 1.54) is 22.9 Å². The molecule has 0 spiro atoms. The summed E-state index contributed by atoms with van der Waals surface area (Å²) in [5, 5.41) is 2.84. The van der Waals surface area contributed by atoms with Gasteiger partial charge in [0.05, 0.1) is 19.5 Å². The average molecular weight is 406 g/mol. The lowest BCUT2D eigenvalue weighted by atomic mass is 10.2. The lowest BCUT2D eigenvalue weighted by Crippen LogP contribution is -2.32. The van der Waals surface area contributed by atoms with Crippen molar-refractivity contribution in [2.75, 3.05) is 26.5 Å². The largest absolute Gasteiger partial charge is 0.493 e. The monoisotopic (exact) mass is 405 g/mol. The topological polar surface area (TPSA) is 47.6 Å². The molecule has 0 aliphatic carbocycles. The third-order valence-corrected chi connectivity index (χ3v) is 6.06. The zero-order chi connectivity index (χ0) is 19.6. The molecule has 0 radical (unpaired) electrons. The van der Waals surface area contributed by atoms with E-state index < -0.39 is 0 Å². The molecule has 0 saturated carbocycles. The fourth-order valence-electron chi connectivity index (χ4n) is 2.53. The van der Waals surface area contributed by atoms with Gasteiger partial charge in [-0.05, 0) is 37.6 Å². The van der Waals surface area contributed by atoms with Crippen LogP contribution in [-0.2, 0) is 10.5 Å². The van der Waals surface area contributed by atoms with E-state index in [4.69, 9.17) is 9.47 Å². The van der Waals surface area contributed by atoms with Gasteiger partial charge in [0, 0.05) is 22.9 Å². The Kier molecular flexibility index (Phi) is 8.88. The van der Waals surface area contributed by atoms with Gasteiger partial charge >= 0.3 is 0 Å². The fraction of sp³-hybridized carbons (Fsp3) is 0.381. The van der Waals surface area contributed by atoms with E-state index in [1.54, 1.807) is 14.2 Å². The minimum Gasteiger partial charge on any atom is -0.493 e. The Balaban J connectivity index is 1.72. The third-order valence-electron chi connectivity index (χ3n) is 3.93. The van der Waals surface area contributed by atoms with Gasteiger partial charge in [0.2, 0.25) is 5.91 Å². The van der Waals surface area contributed by atoms with Crippen LogP contribution in [0.5, 0.6) is 11.5 Å². The number of thioether (sulfide) groups is 2. The van der Waals surface area contributed by atoms with Crippen LogP contribution in [0.2, 0.25) is 0 Å². The van der Waals surface area contributed by atoms with Crippen molar-refractivity contribution in [1.29, 1.82) is 0 Å². The number of amides is 1. The number of ether oxygens (including phenoxy) is 2. The van der Waals surface area contributed by atoms with Crippen molar-refractivity contribution in [3.05, 3.63) is 53.6 Å². The molecule has 1 N–H and O–H groups in total. The molecule has 27 heavy (non-hydrogen) atoms. The van der Waals surface area contributed by atoms with Crippen LogP contribution >= 0.6 is 23.5 Å². The van der Waals surface area contributed by atoms with Crippen molar-refractivity contribution in [3.8, 4) is 11.5 Å². The van der Waals surface area contributed by atoms with Crippen LogP contribution in [0.3, 0.4) is 0 Å². The molecule has 2 aromatic carbocycles. The Bertz CT molecular complexity index is 752. The van der Waals surface area contributed by atoms with Gasteiger partial charge < -0.3 is 14.8 Å². The van der Waals surface area contributed by atoms with Crippen molar-refractivity contribution < 1.29 is 14.3 Å². The summed E-state index contributed by atoms with van der Waals surface area (Å²) in [5.74, 6) is 3.26. The van der Waals surface area contributed by atoms with Gasteiger partial charge in [0.25, 0.3) is 0 Å². The molecule has 0 aromatic heterocycles. The Hall–Kier alpha value is -1.79. The highest BCUT2D eigenvalue weighted by molar-refractivity contribution is 8.00. The molecule has 2 rings (SSSR count). The molecular formula is C21H27NO3S2. The standard InChI is InChI=1S/C21H27NO3S2/c1-15-6-5-7-17(12-15)14-26-11-10-22-21(23)16(2)27-18-8-9-19(24-3)20(13-18)25-4/h5-9,12-13,16H,10-11,14H2,1-4H3,(H,22,23)/t16-/m0/s1. The van der Waals surface area contributed by atoms with Gasteiger partial charge in [-0.15, -0.1) is 11.8 Å². The second-order valence-corrected chi connectivity index (χ2v) is 8.63. The Morgan fingerprint density at radius 1 is 1.11 bits per heavy atom. The molecule has 0 aliphatic rings. The summed E-state index contributed by atoms with van der Waals surface area (Å²) >= 11 is 3.34. The molecule has 1 amide bonds. The molecular weight excluding hydrogens is 378 g/mol. The van der Waals surface area contributed by atoms with E-state index in [9.17, 15) is 4.79 Å². The predicted molar refractivity (Wildman–Crippen MR) is 115 cm³/mol. The quantitative estimate of drug-likeness (QED) is 0.464. The van der Waals surface area contributed by atoms with E-state index in [0.29, 0.717) is 18.0 Å². The molecule has 1 atom stereocenters. The zero-order valence-corrected chi connectivity index (χ0v) is 17.9.